The number of aryl methyl sites for hydroxylation is 2. The first-order valence-electron chi connectivity index (χ1n) is 11.7. The van der Waals surface area contributed by atoms with E-state index in [1.54, 1.807) is 11.8 Å². The molecule has 2 heterocycles. The average molecular weight is 478 g/mol. The van der Waals surface area contributed by atoms with E-state index in [1.165, 1.54) is 0 Å². The summed E-state index contributed by atoms with van der Waals surface area (Å²) in [5, 5.41) is 20.2. The molecular formula is C26H31N5O4. The monoisotopic (exact) mass is 477 g/mol. The fourth-order valence-electron chi connectivity index (χ4n) is 4.17. The van der Waals surface area contributed by atoms with Gasteiger partial charge in [-0.1, -0.05) is 24.3 Å². The Morgan fingerprint density at radius 1 is 1.20 bits per heavy atom. The number of aliphatic hydroxyl groups excluding tert-OH is 1. The summed E-state index contributed by atoms with van der Waals surface area (Å²) in [7, 11) is 1.59. The van der Waals surface area contributed by atoms with Crippen LogP contribution in [0.1, 0.15) is 43.3 Å². The molecule has 0 bridgehead atoms. The number of carbonyl (C=O) groups excluding carboxylic acids is 1. The number of nitrogens with zero attached hydrogens (tertiary/aromatic N) is 3. The topological polar surface area (TPSA) is 111 Å². The molecule has 9 heteroatoms. The van der Waals surface area contributed by atoms with Crippen LogP contribution in [0, 0.1) is 6.92 Å². The van der Waals surface area contributed by atoms with Gasteiger partial charge in [-0.05, 0) is 56.5 Å². The lowest BCUT2D eigenvalue weighted by Crippen LogP contribution is -2.31. The molecule has 0 spiro atoms. The molecule has 35 heavy (non-hydrogen) atoms. The van der Waals surface area contributed by atoms with Crippen molar-refractivity contribution < 1.29 is 19.4 Å². The van der Waals surface area contributed by atoms with Crippen molar-refractivity contribution in [3.8, 4) is 11.5 Å². The molecule has 1 unspecified atom stereocenters. The van der Waals surface area contributed by atoms with E-state index in [-0.39, 0.29) is 12.5 Å². The lowest BCUT2D eigenvalue weighted by molar-refractivity contribution is -0.113. The first-order valence-corrected chi connectivity index (χ1v) is 11.7. The zero-order chi connectivity index (χ0) is 24.9. The Hall–Kier alpha value is -3.85. The average Bonchev–Trinajstić information content (AvgIpc) is 3.26. The van der Waals surface area contributed by atoms with E-state index in [0.717, 1.165) is 16.8 Å². The summed E-state index contributed by atoms with van der Waals surface area (Å²) in [6.45, 7) is 6.28. The second-order valence-electron chi connectivity index (χ2n) is 8.30. The van der Waals surface area contributed by atoms with Gasteiger partial charge in [-0.3, -0.25) is 4.79 Å². The highest BCUT2D eigenvalue weighted by atomic mass is 16.5. The number of nitrogens with one attached hydrogen (secondary N) is 2. The number of hydrogen-bond donors (Lipinski definition) is 3. The van der Waals surface area contributed by atoms with E-state index in [0.29, 0.717) is 54.0 Å². The van der Waals surface area contributed by atoms with Gasteiger partial charge in [0.25, 0.3) is 5.91 Å². The molecule has 3 N–H and O–H groups in total. The minimum Gasteiger partial charge on any atom is -0.493 e. The molecule has 0 aliphatic carbocycles. The van der Waals surface area contributed by atoms with E-state index in [9.17, 15) is 9.90 Å². The Labute approximate surface area is 204 Å². The Morgan fingerprint density at radius 2 is 2.00 bits per heavy atom. The van der Waals surface area contributed by atoms with Crippen LogP contribution in [0.3, 0.4) is 0 Å². The lowest BCUT2D eigenvalue weighted by atomic mass is 9.94. The van der Waals surface area contributed by atoms with Crippen LogP contribution in [-0.2, 0) is 11.2 Å². The molecule has 0 saturated carbocycles. The standard InChI is InChI=1S/C26H31N5O4/c1-5-35-20-13-12-18(15-21(20)34-4)24-23(25(33)28-19-10-7-6-9-16(19)2)17(3)27-26-29-22(11-8-14-32)30-31(24)26/h6-7,9-10,12-13,15,24,32H,5,8,11,14H2,1-4H3,(H,28,33)(H,27,29,30). The second kappa shape index (κ2) is 10.6. The smallest absolute Gasteiger partial charge is 0.255 e. The first-order chi connectivity index (χ1) is 17.0. The maximum absolute atomic E-state index is 13.7. The highest BCUT2D eigenvalue weighted by Gasteiger charge is 2.35. The van der Waals surface area contributed by atoms with Gasteiger partial charge in [-0.25, -0.2) is 4.68 Å². The van der Waals surface area contributed by atoms with Gasteiger partial charge >= 0.3 is 0 Å². The number of rotatable bonds is 9. The van der Waals surface area contributed by atoms with Crippen LogP contribution in [0.15, 0.2) is 53.7 Å². The summed E-state index contributed by atoms with van der Waals surface area (Å²) in [6, 6.07) is 12.7. The number of hydrogen-bond acceptors (Lipinski definition) is 7. The highest BCUT2D eigenvalue weighted by molar-refractivity contribution is 6.06. The van der Waals surface area contributed by atoms with E-state index in [4.69, 9.17) is 14.6 Å². The van der Waals surface area contributed by atoms with Crippen molar-refractivity contribution in [3.63, 3.8) is 0 Å². The Balaban J connectivity index is 1.80. The van der Waals surface area contributed by atoms with Crippen LogP contribution in [0.2, 0.25) is 0 Å². The molecule has 9 nitrogen and oxygen atoms in total. The maximum Gasteiger partial charge on any atom is 0.255 e. The number of anilines is 2. The number of aromatic nitrogens is 3. The summed E-state index contributed by atoms with van der Waals surface area (Å²) < 4.78 is 13.0. The third-order valence-electron chi connectivity index (χ3n) is 5.90. The van der Waals surface area contributed by atoms with Crippen LogP contribution in [-0.4, -0.2) is 46.1 Å². The number of benzene rings is 2. The molecule has 0 fully saturated rings. The summed E-state index contributed by atoms with van der Waals surface area (Å²) in [6.07, 6.45) is 1.08. The third-order valence-corrected chi connectivity index (χ3v) is 5.90. The van der Waals surface area contributed by atoms with Gasteiger partial charge in [-0.15, -0.1) is 0 Å². The van der Waals surface area contributed by atoms with Gasteiger partial charge in [0.1, 0.15) is 6.04 Å². The molecule has 1 atom stereocenters. The van der Waals surface area contributed by atoms with E-state index in [2.05, 4.69) is 15.6 Å². The van der Waals surface area contributed by atoms with Crippen molar-refractivity contribution in [2.75, 3.05) is 31.0 Å². The number of methoxy groups -OCH3 is 1. The minimum absolute atomic E-state index is 0.0538. The number of allylic oxidation sites excluding steroid dienone is 1. The van der Waals surface area contributed by atoms with Gasteiger partial charge in [0.15, 0.2) is 17.3 Å². The SMILES string of the molecule is CCOc1ccc(C2C(C(=O)Nc3ccccc3C)=C(C)Nc3nc(CCCO)nn32)cc1OC. The maximum atomic E-state index is 13.7. The van der Waals surface area contributed by atoms with Crippen molar-refractivity contribution in [3.05, 3.63) is 70.7 Å². The van der Waals surface area contributed by atoms with Gasteiger partial charge in [0.05, 0.1) is 19.3 Å². The molecule has 1 amide bonds. The van der Waals surface area contributed by atoms with Gasteiger partial charge in [0, 0.05) is 24.4 Å². The molecule has 1 aliphatic heterocycles. The number of ether oxygens (including phenoxy) is 2. The molecule has 2 aromatic carbocycles. The molecule has 1 aliphatic rings. The van der Waals surface area contributed by atoms with Crippen molar-refractivity contribution in [1.82, 2.24) is 14.8 Å². The van der Waals surface area contributed by atoms with Gasteiger partial charge in [0.2, 0.25) is 5.95 Å². The van der Waals surface area contributed by atoms with Crippen LogP contribution >= 0.6 is 0 Å². The second-order valence-corrected chi connectivity index (χ2v) is 8.30. The number of carbonyl (C=O) groups is 1. The molecule has 0 saturated heterocycles. The third kappa shape index (κ3) is 5.00. The molecule has 3 aromatic rings. The van der Waals surface area contributed by atoms with Gasteiger partial charge < -0.3 is 25.2 Å². The van der Waals surface area contributed by atoms with Gasteiger partial charge in [-0.2, -0.15) is 10.1 Å². The number of amides is 1. The summed E-state index contributed by atoms with van der Waals surface area (Å²) >= 11 is 0. The van der Waals surface area contributed by atoms with Crippen LogP contribution < -0.4 is 20.1 Å². The summed E-state index contributed by atoms with van der Waals surface area (Å²) in [5.74, 6) is 2.10. The quantitative estimate of drug-likeness (QED) is 0.429. The largest absolute Gasteiger partial charge is 0.493 e. The summed E-state index contributed by atoms with van der Waals surface area (Å²) in [4.78, 5) is 18.3. The Bertz CT molecular complexity index is 1250. The fraction of sp³-hybridized carbons (Fsp3) is 0.346. The minimum atomic E-state index is -0.546. The molecule has 0 radical (unpaired) electrons. The zero-order valence-corrected chi connectivity index (χ0v) is 20.5. The van der Waals surface area contributed by atoms with Crippen molar-refractivity contribution in [1.29, 1.82) is 0 Å². The molecular weight excluding hydrogens is 446 g/mol. The number of para-hydroxylation sites is 1. The molecule has 1 aromatic heterocycles. The van der Waals surface area contributed by atoms with E-state index >= 15 is 0 Å². The Morgan fingerprint density at radius 3 is 2.71 bits per heavy atom. The van der Waals surface area contributed by atoms with Crippen molar-refractivity contribution in [2.24, 2.45) is 0 Å². The summed E-state index contributed by atoms with van der Waals surface area (Å²) in [5.41, 5.74) is 3.72. The van der Waals surface area contributed by atoms with Crippen LogP contribution in [0.25, 0.3) is 0 Å². The predicted molar refractivity (Wildman–Crippen MR) is 134 cm³/mol. The van der Waals surface area contributed by atoms with Crippen LogP contribution in [0.4, 0.5) is 11.6 Å². The number of fused-ring (bicyclic) bond motifs is 1. The first kappa shape index (κ1) is 24.3. The van der Waals surface area contributed by atoms with E-state index in [1.807, 2.05) is 63.2 Å². The van der Waals surface area contributed by atoms with Crippen LogP contribution in [0.5, 0.6) is 11.5 Å². The zero-order valence-electron chi connectivity index (χ0n) is 20.5. The van der Waals surface area contributed by atoms with Crippen molar-refractivity contribution in [2.45, 2.75) is 39.7 Å². The van der Waals surface area contributed by atoms with Crippen molar-refractivity contribution >= 4 is 17.5 Å². The highest BCUT2D eigenvalue weighted by Crippen LogP contribution is 2.39. The number of aliphatic hydroxyl groups is 1. The molecule has 184 valence electrons. The normalized spacial score (nSPS) is 14.8. The fourth-order valence-corrected chi connectivity index (χ4v) is 4.17. The van der Waals surface area contributed by atoms with E-state index < -0.39 is 6.04 Å². The lowest BCUT2D eigenvalue weighted by Gasteiger charge is -2.29. The predicted octanol–water partition coefficient (Wildman–Crippen LogP) is 3.85. The Kier molecular flexibility index (Phi) is 7.36. The molecule has 4 rings (SSSR count).